The molecule has 1 aromatic heterocycles. The molecule has 3 heteroatoms. The first-order valence-electron chi connectivity index (χ1n) is 7.27. The molecule has 1 heterocycles. The Morgan fingerprint density at radius 2 is 1.90 bits per heavy atom. The minimum atomic E-state index is 0.177. The van der Waals surface area contributed by atoms with Crippen LogP contribution in [0.1, 0.15) is 41.9 Å². The van der Waals surface area contributed by atoms with Gasteiger partial charge in [0.2, 0.25) is 0 Å². The quantitative estimate of drug-likeness (QED) is 0.873. The maximum absolute atomic E-state index is 4.41. The van der Waals surface area contributed by atoms with Crippen LogP contribution in [0.4, 0.5) is 0 Å². The summed E-state index contributed by atoms with van der Waals surface area (Å²) in [7, 11) is 0. The number of aryl methyl sites for hydroxylation is 2. The fourth-order valence-electron chi connectivity index (χ4n) is 2.30. The van der Waals surface area contributed by atoms with Gasteiger partial charge in [-0.05, 0) is 50.4 Å². The second-order valence-corrected chi connectivity index (χ2v) is 5.25. The number of benzene rings is 1. The summed E-state index contributed by atoms with van der Waals surface area (Å²) in [6.07, 6.45) is 5.66. The van der Waals surface area contributed by atoms with Gasteiger partial charge in [-0.25, -0.2) is 9.97 Å². The van der Waals surface area contributed by atoms with Crippen LogP contribution in [0.25, 0.3) is 0 Å². The molecule has 106 valence electrons. The summed E-state index contributed by atoms with van der Waals surface area (Å²) in [5.41, 5.74) is 4.00. The fourth-order valence-corrected chi connectivity index (χ4v) is 2.30. The molecule has 2 rings (SSSR count). The van der Waals surface area contributed by atoms with Crippen LogP contribution < -0.4 is 5.32 Å². The van der Waals surface area contributed by atoms with Crippen molar-refractivity contribution < 1.29 is 0 Å². The van der Waals surface area contributed by atoms with E-state index in [2.05, 4.69) is 54.3 Å². The van der Waals surface area contributed by atoms with E-state index in [9.17, 15) is 0 Å². The molecule has 0 fully saturated rings. The molecular formula is C17H23N3. The van der Waals surface area contributed by atoms with Gasteiger partial charge >= 0.3 is 0 Å². The summed E-state index contributed by atoms with van der Waals surface area (Å²) in [6, 6.07) is 8.65. The first-order chi connectivity index (χ1) is 9.70. The number of nitrogens with zero attached hydrogens (tertiary/aromatic N) is 2. The molecule has 0 radical (unpaired) electrons. The van der Waals surface area contributed by atoms with Crippen molar-refractivity contribution in [1.29, 1.82) is 0 Å². The lowest BCUT2D eigenvalue weighted by molar-refractivity contribution is 0.503. The lowest BCUT2D eigenvalue weighted by Gasteiger charge is -2.18. The van der Waals surface area contributed by atoms with E-state index in [0.29, 0.717) is 0 Å². The van der Waals surface area contributed by atoms with E-state index in [4.69, 9.17) is 0 Å². The van der Waals surface area contributed by atoms with Crippen LogP contribution >= 0.6 is 0 Å². The molecular weight excluding hydrogens is 246 g/mol. The predicted molar refractivity (Wildman–Crippen MR) is 82.7 cm³/mol. The Balaban J connectivity index is 2.21. The van der Waals surface area contributed by atoms with Crippen LogP contribution in [-0.2, 0) is 6.42 Å². The largest absolute Gasteiger partial charge is 0.307 e. The molecule has 20 heavy (non-hydrogen) atoms. The number of aromatic nitrogens is 2. The van der Waals surface area contributed by atoms with E-state index in [-0.39, 0.29) is 6.04 Å². The molecule has 1 N–H and O–H groups in total. The second kappa shape index (κ2) is 7.15. The van der Waals surface area contributed by atoms with Crippen molar-refractivity contribution in [3.8, 4) is 0 Å². The van der Waals surface area contributed by atoms with Crippen molar-refractivity contribution in [3.63, 3.8) is 0 Å². The molecule has 3 nitrogen and oxygen atoms in total. The Hall–Kier alpha value is -1.74. The average molecular weight is 269 g/mol. The van der Waals surface area contributed by atoms with Crippen LogP contribution in [0.3, 0.4) is 0 Å². The van der Waals surface area contributed by atoms with Crippen molar-refractivity contribution in [1.82, 2.24) is 15.3 Å². The Bertz CT molecular complexity index is 537. The summed E-state index contributed by atoms with van der Waals surface area (Å²) < 4.78 is 0. The number of rotatable bonds is 6. The molecule has 0 aliphatic carbocycles. The standard InChI is InChI=1S/C17H23N3/c1-4-8-18-16(17-19-9-5-10-20-17)12-15-11-13(2)6-7-14(15)3/h5-7,9-11,16,18H,4,8,12H2,1-3H3. The van der Waals surface area contributed by atoms with Crippen molar-refractivity contribution in [2.24, 2.45) is 0 Å². The molecule has 2 aromatic rings. The van der Waals surface area contributed by atoms with E-state index in [1.807, 2.05) is 18.5 Å². The van der Waals surface area contributed by atoms with Crippen molar-refractivity contribution >= 4 is 0 Å². The first kappa shape index (κ1) is 14.7. The molecule has 0 aliphatic rings. The normalized spacial score (nSPS) is 12.3. The number of hydrogen-bond donors (Lipinski definition) is 1. The van der Waals surface area contributed by atoms with E-state index in [1.165, 1.54) is 16.7 Å². The maximum Gasteiger partial charge on any atom is 0.145 e. The molecule has 0 amide bonds. The Morgan fingerprint density at radius 1 is 1.15 bits per heavy atom. The topological polar surface area (TPSA) is 37.8 Å². The van der Waals surface area contributed by atoms with E-state index in [1.54, 1.807) is 0 Å². The van der Waals surface area contributed by atoms with Gasteiger partial charge in [-0.2, -0.15) is 0 Å². The van der Waals surface area contributed by atoms with Gasteiger partial charge in [0.05, 0.1) is 6.04 Å². The monoisotopic (exact) mass is 269 g/mol. The Labute approximate surface area is 121 Å². The molecule has 0 saturated carbocycles. The Morgan fingerprint density at radius 3 is 2.60 bits per heavy atom. The highest BCUT2D eigenvalue weighted by molar-refractivity contribution is 5.31. The van der Waals surface area contributed by atoms with Crippen LogP contribution in [-0.4, -0.2) is 16.5 Å². The summed E-state index contributed by atoms with van der Waals surface area (Å²) in [6.45, 7) is 7.45. The van der Waals surface area contributed by atoms with Crippen molar-refractivity contribution in [2.75, 3.05) is 6.54 Å². The zero-order valence-corrected chi connectivity index (χ0v) is 12.6. The third-order valence-electron chi connectivity index (χ3n) is 3.47. The molecule has 1 unspecified atom stereocenters. The van der Waals surface area contributed by atoms with Gasteiger partial charge in [0, 0.05) is 12.4 Å². The minimum Gasteiger partial charge on any atom is -0.307 e. The second-order valence-electron chi connectivity index (χ2n) is 5.25. The molecule has 1 atom stereocenters. The maximum atomic E-state index is 4.41. The molecule has 0 spiro atoms. The van der Waals surface area contributed by atoms with Crippen LogP contribution in [0.15, 0.2) is 36.7 Å². The summed E-state index contributed by atoms with van der Waals surface area (Å²) >= 11 is 0. The van der Waals surface area contributed by atoms with Gasteiger partial charge in [-0.1, -0.05) is 30.7 Å². The van der Waals surface area contributed by atoms with Crippen molar-refractivity contribution in [2.45, 2.75) is 39.7 Å². The van der Waals surface area contributed by atoms with Crippen LogP contribution in [0, 0.1) is 13.8 Å². The smallest absolute Gasteiger partial charge is 0.145 e. The molecule has 1 aromatic carbocycles. The van der Waals surface area contributed by atoms with E-state index < -0.39 is 0 Å². The van der Waals surface area contributed by atoms with Gasteiger partial charge in [0.1, 0.15) is 5.82 Å². The van der Waals surface area contributed by atoms with Gasteiger partial charge in [0.25, 0.3) is 0 Å². The third-order valence-corrected chi connectivity index (χ3v) is 3.47. The van der Waals surface area contributed by atoms with Gasteiger partial charge in [-0.3, -0.25) is 0 Å². The van der Waals surface area contributed by atoms with Crippen molar-refractivity contribution in [3.05, 3.63) is 59.2 Å². The van der Waals surface area contributed by atoms with E-state index in [0.717, 1.165) is 25.2 Å². The fraction of sp³-hybridized carbons (Fsp3) is 0.412. The lowest BCUT2D eigenvalue weighted by Crippen LogP contribution is -2.26. The minimum absolute atomic E-state index is 0.177. The highest BCUT2D eigenvalue weighted by atomic mass is 15.0. The lowest BCUT2D eigenvalue weighted by atomic mass is 9.98. The first-order valence-corrected chi connectivity index (χ1v) is 7.27. The molecule has 0 saturated heterocycles. The van der Waals surface area contributed by atoms with Gasteiger partial charge < -0.3 is 5.32 Å². The number of hydrogen-bond acceptors (Lipinski definition) is 3. The Kier molecular flexibility index (Phi) is 5.24. The highest BCUT2D eigenvalue weighted by Gasteiger charge is 2.15. The van der Waals surface area contributed by atoms with Crippen LogP contribution in [0.5, 0.6) is 0 Å². The molecule has 0 bridgehead atoms. The third kappa shape index (κ3) is 3.87. The highest BCUT2D eigenvalue weighted by Crippen LogP contribution is 2.19. The summed E-state index contributed by atoms with van der Waals surface area (Å²) in [5, 5.41) is 3.56. The van der Waals surface area contributed by atoms with Gasteiger partial charge in [-0.15, -0.1) is 0 Å². The van der Waals surface area contributed by atoms with Gasteiger partial charge in [0.15, 0.2) is 0 Å². The number of nitrogens with one attached hydrogen (secondary N) is 1. The van der Waals surface area contributed by atoms with Crippen LogP contribution in [0.2, 0.25) is 0 Å². The average Bonchev–Trinajstić information content (AvgIpc) is 2.48. The summed E-state index contributed by atoms with van der Waals surface area (Å²) in [5.74, 6) is 0.877. The summed E-state index contributed by atoms with van der Waals surface area (Å²) in [4.78, 5) is 8.81. The molecule has 0 aliphatic heterocycles. The predicted octanol–water partition coefficient (Wildman–Crippen LogP) is 3.38. The SMILES string of the molecule is CCCNC(Cc1cc(C)ccc1C)c1ncccn1. The zero-order chi connectivity index (χ0) is 14.4. The van der Waals surface area contributed by atoms with E-state index >= 15 is 0 Å². The zero-order valence-electron chi connectivity index (χ0n) is 12.6.